The molecule has 2 aromatic carbocycles. The largest absolute Gasteiger partial charge is 0.438 e. The van der Waals surface area contributed by atoms with Gasteiger partial charge in [-0.2, -0.15) is 0 Å². The Kier molecular flexibility index (Phi) is 6.17. The maximum atomic E-state index is 13.2. The van der Waals surface area contributed by atoms with Gasteiger partial charge in [-0.1, -0.05) is 50.2 Å². The molecular formula is C18H23O6P3. The third-order valence-corrected chi connectivity index (χ3v) is 10.6. The summed E-state index contributed by atoms with van der Waals surface area (Å²) in [7, 11) is -3.73. The normalized spacial score (nSPS) is 19.8. The topological polar surface area (TPSA) is 74.2 Å². The first-order valence-electron chi connectivity index (χ1n) is 8.43. The zero-order valence-electron chi connectivity index (χ0n) is 15.1. The van der Waals surface area contributed by atoms with Crippen LogP contribution in [0.4, 0.5) is 0 Å². The first-order chi connectivity index (χ1) is 12.7. The van der Waals surface area contributed by atoms with Crippen LogP contribution in [0, 0.1) is 5.41 Å². The van der Waals surface area contributed by atoms with Crippen LogP contribution in [0.1, 0.15) is 13.8 Å². The predicted octanol–water partition coefficient (Wildman–Crippen LogP) is 5.59. The Morgan fingerprint density at radius 1 is 1.00 bits per heavy atom. The van der Waals surface area contributed by atoms with E-state index in [9.17, 15) is 9.67 Å². The third-order valence-electron chi connectivity index (χ3n) is 3.83. The van der Waals surface area contributed by atoms with Crippen molar-refractivity contribution in [2.75, 3.05) is 13.2 Å². The summed E-state index contributed by atoms with van der Waals surface area (Å²) in [6.45, 7) is 4.26. The molecular weight excluding hydrogens is 405 g/mol. The molecule has 2 aromatic rings. The number of hydrogen-bond donors (Lipinski definition) is 1. The van der Waals surface area contributed by atoms with Gasteiger partial charge in [0.15, 0.2) is 0 Å². The lowest BCUT2D eigenvalue weighted by Gasteiger charge is -2.38. The van der Waals surface area contributed by atoms with E-state index in [1.54, 1.807) is 48.5 Å². The van der Waals surface area contributed by atoms with E-state index < -0.39 is 20.2 Å². The molecule has 146 valence electrons. The van der Waals surface area contributed by atoms with Crippen LogP contribution in [-0.2, 0) is 13.6 Å². The molecule has 1 saturated heterocycles. The molecule has 1 unspecified atom stereocenters. The Balaban J connectivity index is 1.91. The SMILES string of the molecule is CC1(C)COP(=O)(C(O)P(=P)(Oc2ccccc2)Oc2ccccc2)OC1. The molecule has 0 amide bonds. The molecule has 1 aliphatic heterocycles. The second kappa shape index (κ2) is 8.09. The Hall–Kier alpha value is -1.12. The van der Waals surface area contributed by atoms with E-state index in [2.05, 4.69) is 8.53 Å². The van der Waals surface area contributed by atoms with E-state index >= 15 is 0 Å². The van der Waals surface area contributed by atoms with Gasteiger partial charge in [0.2, 0.25) is 5.59 Å². The average Bonchev–Trinajstić information content (AvgIpc) is 2.65. The zero-order valence-corrected chi connectivity index (χ0v) is 17.9. The number of benzene rings is 2. The van der Waals surface area contributed by atoms with E-state index in [0.717, 1.165) is 0 Å². The quantitative estimate of drug-likeness (QED) is 0.605. The van der Waals surface area contributed by atoms with Crippen LogP contribution in [-0.4, -0.2) is 23.9 Å². The number of hydrogen-bond acceptors (Lipinski definition) is 6. The highest BCUT2D eigenvalue weighted by Crippen LogP contribution is 2.72. The number of aliphatic hydroxyl groups excluding tert-OH is 1. The molecule has 0 spiro atoms. The number of aliphatic hydroxyl groups is 1. The van der Waals surface area contributed by atoms with Crippen LogP contribution in [0.5, 0.6) is 11.5 Å². The van der Waals surface area contributed by atoms with Crippen LogP contribution in [0.25, 0.3) is 0 Å². The van der Waals surface area contributed by atoms with E-state index in [4.69, 9.17) is 18.1 Å². The minimum Gasteiger partial charge on any atom is -0.438 e. The van der Waals surface area contributed by atoms with Crippen LogP contribution in [0.15, 0.2) is 60.7 Å². The van der Waals surface area contributed by atoms with E-state index in [-0.39, 0.29) is 18.6 Å². The second-order valence-corrected chi connectivity index (χ2v) is 13.4. The van der Waals surface area contributed by atoms with Crippen molar-refractivity contribution in [2.45, 2.75) is 19.4 Å². The summed E-state index contributed by atoms with van der Waals surface area (Å²) in [5.41, 5.74) is -1.92. The van der Waals surface area contributed by atoms with Gasteiger partial charge in [-0.05, 0) is 32.8 Å². The van der Waals surface area contributed by atoms with Gasteiger partial charge in [0, 0.05) is 5.41 Å². The molecule has 6 nitrogen and oxygen atoms in total. The molecule has 0 aromatic heterocycles. The average molecular weight is 428 g/mol. The van der Waals surface area contributed by atoms with Crippen molar-refractivity contribution in [1.29, 1.82) is 0 Å². The fraction of sp³-hybridized carbons (Fsp3) is 0.333. The lowest BCUT2D eigenvalue weighted by molar-refractivity contribution is 0.0298. The van der Waals surface area contributed by atoms with Gasteiger partial charge < -0.3 is 23.2 Å². The molecule has 0 radical (unpaired) electrons. The maximum absolute atomic E-state index is 13.2. The van der Waals surface area contributed by atoms with Crippen LogP contribution in [0.2, 0.25) is 0 Å². The highest BCUT2D eigenvalue weighted by atomic mass is 31.8. The summed E-state index contributed by atoms with van der Waals surface area (Å²) in [5, 5.41) is 11.0. The molecule has 1 fully saturated rings. The molecule has 1 atom stereocenters. The summed E-state index contributed by atoms with van der Waals surface area (Å²) >= 11 is 0. The van der Waals surface area contributed by atoms with Crippen molar-refractivity contribution in [3.63, 3.8) is 0 Å². The van der Waals surface area contributed by atoms with E-state index in [1.165, 1.54) is 0 Å². The lowest BCUT2D eigenvalue weighted by Crippen LogP contribution is -2.32. The van der Waals surface area contributed by atoms with Crippen molar-refractivity contribution >= 4 is 23.1 Å². The molecule has 1 N–H and O–H groups in total. The minimum absolute atomic E-state index is 0.199. The van der Waals surface area contributed by atoms with Crippen molar-refractivity contribution in [3.05, 3.63) is 60.7 Å². The lowest BCUT2D eigenvalue weighted by atomic mass is 9.97. The standard InChI is InChI=1S/C18H23O6P3/c1-18(2)13-21-26(20,22-14-18)17(19)27(25,23-15-9-5-3-6-10-15)24-16-11-7-4-8-12-16/h3-12,17,19,25H,13-14H2,1-2H3. The van der Waals surface area contributed by atoms with Gasteiger partial charge in [-0.25, -0.2) is 0 Å². The molecule has 1 aliphatic rings. The third kappa shape index (κ3) is 5.03. The highest BCUT2D eigenvalue weighted by molar-refractivity contribution is 7.98. The minimum atomic E-state index is -3.87. The molecule has 1 heterocycles. The predicted molar refractivity (Wildman–Crippen MR) is 109 cm³/mol. The van der Waals surface area contributed by atoms with Gasteiger partial charge >= 0.3 is 7.60 Å². The number of rotatable bonds is 6. The van der Waals surface area contributed by atoms with Crippen LogP contribution >= 0.6 is 23.1 Å². The van der Waals surface area contributed by atoms with E-state index in [0.29, 0.717) is 11.5 Å². The Labute approximate surface area is 161 Å². The van der Waals surface area contributed by atoms with Gasteiger partial charge in [0.1, 0.15) is 11.5 Å². The summed E-state index contributed by atoms with van der Waals surface area (Å²) in [6.07, 6.45) is 0. The first kappa shape index (κ1) is 20.6. The van der Waals surface area contributed by atoms with Crippen molar-refractivity contribution in [1.82, 2.24) is 0 Å². The molecule has 9 heteroatoms. The van der Waals surface area contributed by atoms with Crippen LogP contribution in [0.3, 0.4) is 0 Å². The maximum Gasteiger partial charge on any atom is 0.370 e. The van der Waals surface area contributed by atoms with E-state index in [1.807, 2.05) is 26.0 Å². The summed E-state index contributed by atoms with van der Waals surface area (Å²) < 4.78 is 36.1. The summed E-state index contributed by atoms with van der Waals surface area (Å²) in [4.78, 5) is 0. The van der Waals surface area contributed by atoms with Crippen LogP contribution < -0.4 is 9.05 Å². The van der Waals surface area contributed by atoms with Gasteiger partial charge in [0.25, 0.3) is 7.00 Å². The monoisotopic (exact) mass is 428 g/mol. The zero-order chi connectivity index (χ0) is 19.5. The fourth-order valence-corrected chi connectivity index (χ4v) is 8.89. The highest BCUT2D eigenvalue weighted by Gasteiger charge is 2.51. The number of para-hydroxylation sites is 2. The van der Waals surface area contributed by atoms with Gasteiger partial charge in [0.05, 0.1) is 13.2 Å². The fourth-order valence-electron chi connectivity index (χ4n) is 2.32. The van der Waals surface area contributed by atoms with Crippen molar-refractivity contribution < 1.29 is 27.8 Å². The summed E-state index contributed by atoms with van der Waals surface area (Å²) in [5.74, 6) is 0.916. The Bertz CT molecular complexity index is 796. The molecule has 0 bridgehead atoms. The molecule has 3 rings (SSSR count). The second-order valence-electron chi connectivity index (χ2n) is 7.00. The molecule has 27 heavy (non-hydrogen) atoms. The smallest absolute Gasteiger partial charge is 0.370 e. The van der Waals surface area contributed by atoms with Crippen molar-refractivity contribution in [2.24, 2.45) is 5.41 Å². The summed E-state index contributed by atoms with van der Waals surface area (Å²) in [6, 6.07) is 17.7. The Morgan fingerprint density at radius 3 is 1.81 bits per heavy atom. The van der Waals surface area contributed by atoms with Gasteiger partial charge in [-0.3, -0.25) is 4.57 Å². The molecule has 0 saturated carbocycles. The first-order valence-corrected chi connectivity index (χ1v) is 13.1. The Morgan fingerprint density at radius 2 is 1.41 bits per heavy atom. The van der Waals surface area contributed by atoms with Gasteiger partial charge in [-0.15, -0.1) is 0 Å². The molecule has 0 aliphatic carbocycles. The van der Waals surface area contributed by atoms with Crippen molar-refractivity contribution in [3.8, 4) is 11.5 Å².